The van der Waals surface area contributed by atoms with Crippen LogP contribution in [0.3, 0.4) is 0 Å². The van der Waals surface area contributed by atoms with Crippen molar-refractivity contribution in [3.63, 3.8) is 0 Å². The second-order valence-electron chi connectivity index (χ2n) is 9.19. The van der Waals surface area contributed by atoms with Gasteiger partial charge < -0.3 is 4.74 Å². The van der Waals surface area contributed by atoms with Crippen LogP contribution in [0.4, 0.5) is 0 Å². The number of fused-ring (bicyclic) bond motifs is 4. The first kappa shape index (κ1) is 20.1. The van der Waals surface area contributed by atoms with E-state index in [2.05, 4.69) is 115 Å². The Morgan fingerprint density at radius 1 is 0.788 bits per heavy atom. The minimum atomic E-state index is 0.312. The Hall–Kier alpha value is -3.58. The monoisotopic (exact) mass is 428 g/mol. The second kappa shape index (κ2) is 8.75. The van der Waals surface area contributed by atoms with Gasteiger partial charge in [0.1, 0.15) is 11.5 Å². The summed E-state index contributed by atoms with van der Waals surface area (Å²) in [6.45, 7) is 0. The Morgan fingerprint density at radius 3 is 2.21 bits per heavy atom. The van der Waals surface area contributed by atoms with Gasteiger partial charge in [-0.2, -0.15) is 0 Å². The molecule has 2 unspecified atom stereocenters. The molecule has 0 fully saturated rings. The number of ether oxygens (including phenoxy) is 1. The molecule has 0 amide bonds. The molecule has 6 rings (SSSR count). The Bertz CT molecular complexity index is 1220. The van der Waals surface area contributed by atoms with Gasteiger partial charge in [0, 0.05) is 29.7 Å². The molecule has 33 heavy (non-hydrogen) atoms. The third-order valence-corrected chi connectivity index (χ3v) is 7.16. The fourth-order valence-corrected chi connectivity index (χ4v) is 5.52. The number of allylic oxidation sites excluding steroid dienone is 8. The van der Waals surface area contributed by atoms with Gasteiger partial charge in [-0.05, 0) is 41.2 Å². The maximum absolute atomic E-state index is 6.54. The molecule has 162 valence electrons. The molecule has 3 aromatic rings. The first-order valence-electron chi connectivity index (χ1n) is 12.0. The van der Waals surface area contributed by atoms with E-state index in [-0.39, 0.29) is 0 Å². The quantitative estimate of drug-likeness (QED) is 0.411. The molecule has 2 aliphatic carbocycles. The molecule has 3 aromatic carbocycles. The lowest BCUT2D eigenvalue weighted by molar-refractivity contribution is 0.396. The van der Waals surface area contributed by atoms with Crippen LogP contribution in [0.2, 0.25) is 0 Å². The van der Waals surface area contributed by atoms with Gasteiger partial charge in [-0.1, -0.05) is 109 Å². The summed E-state index contributed by atoms with van der Waals surface area (Å²) in [5.41, 5.74) is 6.72. The van der Waals surface area contributed by atoms with E-state index in [1.54, 1.807) is 0 Å². The van der Waals surface area contributed by atoms with Gasteiger partial charge in [0.25, 0.3) is 0 Å². The zero-order valence-electron chi connectivity index (χ0n) is 18.7. The summed E-state index contributed by atoms with van der Waals surface area (Å²) in [4.78, 5) is 0. The van der Waals surface area contributed by atoms with Crippen molar-refractivity contribution in [3.05, 3.63) is 149 Å². The maximum Gasteiger partial charge on any atom is 0.130 e. The molecule has 0 aromatic heterocycles. The van der Waals surface area contributed by atoms with Crippen molar-refractivity contribution >= 4 is 0 Å². The zero-order chi connectivity index (χ0) is 22.0. The van der Waals surface area contributed by atoms with Crippen LogP contribution >= 0.6 is 0 Å². The van der Waals surface area contributed by atoms with Crippen molar-refractivity contribution in [2.45, 2.75) is 31.1 Å². The highest BCUT2D eigenvalue weighted by atomic mass is 16.5. The van der Waals surface area contributed by atoms with E-state index in [4.69, 9.17) is 4.74 Å². The predicted molar refractivity (Wildman–Crippen MR) is 135 cm³/mol. The Kier molecular flexibility index (Phi) is 5.32. The molecule has 0 radical (unpaired) electrons. The van der Waals surface area contributed by atoms with E-state index in [1.165, 1.54) is 27.8 Å². The summed E-state index contributed by atoms with van der Waals surface area (Å²) in [6, 6.07) is 28.6. The highest BCUT2D eigenvalue weighted by molar-refractivity contribution is 5.51. The average molecular weight is 429 g/mol. The molecule has 1 nitrogen and oxygen atoms in total. The SMILES string of the molecule is C1=CC2C3=C(CCC=C3)Oc3ccc(CC(c4ccccc4)c4ccccc4)cc3C2C=C1. The van der Waals surface area contributed by atoms with Crippen molar-refractivity contribution in [3.8, 4) is 5.75 Å². The van der Waals surface area contributed by atoms with E-state index in [9.17, 15) is 0 Å². The van der Waals surface area contributed by atoms with Crippen LogP contribution in [-0.2, 0) is 6.42 Å². The first-order chi connectivity index (χ1) is 16.4. The highest BCUT2D eigenvalue weighted by Crippen LogP contribution is 2.46. The topological polar surface area (TPSA) is 9.23 Å². The van der Waals surface area contributed by atoms with E-state index in [1.807, 2.05) is 0 Å². The molecule has 0 bridgehead atoms. The van der Waals surface area contributed by atoms with Crippen LogP contribution in [0.15, 0.2) is 127 Å². The van der Waals surface area contributed by atoms with Crippen LogP contribution in [0.1, 0.15) is 46.9 Å². The number of rotatable bonds is 4. The third kappa shape index (κ3) is 3.89. The molecule has 0 saturated carbocycles. The number of benzene rings is 3. The van der Waals surface area contributed by atoms with Crippen molar-refractivity contribution in [2.24, 2.45) is 5.92 Å². The van der Waals surface area contributed by atoms with Crippen molar-refractivity contribution < 1.29 is 4.74 Å². The maximum atomic E-state index is 6.54. The first-order valence-corrected chi connectivity index (χ1v) is 12.0. The molecule has 1 heteroatoms. The van der Waals surface area contributed by atoms with Gasteiger partial charge in [-0.15, -0.1) is 0 Å². The third-order valence-electron chi connectivity index (χ3n) is 7.16. The van der Waals surface area contributed by atoms with Crippen LogP contribution in [0.25, 0.3) is 0 Å². The summed E-state index contributed by atoms with van der Waals surface area (Å²) in [5, 5.41) is 0. The van der Waals surface area contributed by atoms with E-state index >= 15 is 0 Å². The molecule has 3 aliphatic rings. The minimum absolute atomic E-state index is 0.312. The largest absolute Gasteiger partial charge is 0.461 e. The normalized spacial score (nSPS) is 20.6. The highest BCUT2D eigenvalue weighted by Gasteiger charge is 2.32. The molecule has 0 spiro atoms. The molecule has 0 N–H and O–H groups in total. The summed E-state index contributed by atoms with van der Waals surface area (Å²) in [7, 11) is 0. The van der Waals surface area contributed by atoms with Crippen LogP contribution in [0.5, 0.6) is 5.75 Å². The summed E-state index contributed by atoms with van der Waals surface area (Å²) in [6.07, 6.45) is 16.6. The predicted octanol–water partition coefficient (Wildman–Crippen LogP) is 7.88. The molecule has 2 atom stereocenters. The number of hydrogen-bond acceptors (Lipinski definition) is 1. The standard InChI is InChI=1S/C32H28O/c1-3-11-24(12-4-1)29(25-13-5-2-6-14-25)21-23-19-20-32-30(22-23)27-16-8-7-15-26(27)28-17-9-10-18-31(28)33-32/h1-9,11-17,19-20,22,26-27,29H,10,18,21H2. The van der Waals surface area contributed by atoms with Gasteiger partial charge in [0.2, 0.25) is 0 Å². The van der Waals surface area contributed by atoms with E-state index in [0.717, 1.165) is 30.8 Å². The van der Waals surface area contributed by atoms with Crippen LogP contribution in [0, 0.1) is 5.92 Å². The van der Waals surface area contributed by atoms with Gasteiger partial charge in [0.05, 0.1) is 0 Å². The lowest BCUT2D eigenvalue weighted by Crippen LogP contribution is -2.14. The fraction of sp³-hybridized carbons (Fsp3) is 0.188. The second-order valence-corrected chi connectivity index (χ2v) is 9.19. The Labute approximate surface area is 196 Å². The van der Waals surface area contributed by atoms with E-state index < -0.39 is 0 Å². The van der Waals surface area contributed by atoms with Gasteiger partial charge in [-0.25, -0.2) is 0 Å². The molecule has 0 saturated heterocycles. The number of hydrogen-bond donors (Lipinski definition) is 0. The lowest BCUT2D eigenvalue weighted by Gasteiger charge is -2.26. The molecular formula is C32H28O. The van der Waals surface area contributed by atoms with Crippen molar-refractivity contribution in [1.29, 1.82) is 0 Å². The van der Waals surface area contributed by atoms with Crippen molar-refractivity contribution in [1.82, 2.24) is 0 Å². The summed E-state index contributed by atoms with van der Waals surface area (Å²) < 4.78 is 6.54. The lowest BCUT2D eigenvalue weighted by atomic mass is 9.76. The molecule has 1 heterocycles. The van der Waals surface area contributed by atoms with Gasteiger partial charge >= 0.3 is 0 Å². The van der Waals surface area contributed by atoms with Crippen LogP contribution < -0.4 is 4.74 Å². The smallest absolute Gasteiger partial charge is 0.130 e. The van der Waals surface area contributed by atoms with Crippen molar-refractivity contribution in [2.75, 3.05) is 0 Å². The van der Waals surface area contributed by atoms with Gasteiger partial charge in [-0.3, -0.25) is 0 Å². The molecular weight excluding hydrogens is 400 g/mol. The zero-order valence-corrected chi connectivity index (χ0v) is 18.7. The van der Waals surface area contributed by atoms with E-state index in [0.29, 0.717) is 17.8 Å². The fourth-order valence-electron chi connectivity index (χ4n) is 5.52. The van der Waals surface area contributed by atoms with Crippen LogP contribution in [-0.4, -0.2) is 0 Å². The molecule has 1 aliphatic heterocycles. The Morgan fingerprint density at radius 2 is 1.48 bits per heavy atom. The minimum Gasteiger partial charge on any atom is -0.461 e. The summed E-state index contributed by atoms with van der Waals surface area (Å²) in [5.74, 6) is 3.14. The summed E-state index contributed by atoms with van der Waals surface area (Å²) >= 11 is 0. The van der Waals surface area contributed by atoms with Gasteiger partial charge in [0.15, 0.2) is 0 Å². The Balaban J connectivity index is 1.39. The average Bonchev–Trinajstić information content (AvgIpc) is 3.03.